The number of amides is 2. The van der Waals surface area contributed by atoms with Gasteiger partial charge in [-0.25, -0.2) is 4.79 Å². The van der Waals surface area contributed by atoms with Gasteiger partial charge in [0.15, 0.2) is 0 Å². The zero-order valence-corrected chi connectivity index (χ0v) is 14.0. The molecular weight excluding hydrogens is 250 g/mol. The van der Waals surface area contributed by atoms with Gasteiger partial charge in [-0.05, 0) is 38.8 Å². The van der Waals surface area contributed by atoms with Gasteiger partial charge in [-0.1, -0.05) is 33.6 Å². The van der Waals surface area contributed by atoms with Crippen LogP contribution in [0.5, 0.6) is 0 Å². The molecule has 0 saturated heterocycles. The van der Waals surface area contributed by atoms with E-state index in [0.717, 1.165) is 26.1 Å². The first-order valence-corrected chi connectivity index (χ1v) is 8.10. The monoisotopic (exact) mass is 283 g/mol. The molecule has 4 nitrogen and oxygen atoms in total. The highest BCUT2D eigenvalue weighted by atomic mass is 16.2. The summed E-state index contributed by atoms with van der Waals surface area (Å²) in [5, 5.41) is 3.27. The number of hydrogen-bond donors (Lipinski definition) is 1. The molecule has 0 aromatic rings. The Kier molecular flexibility index (Phi) is 7.35. The SMILES string of the molecule is CC(C)CN(CCN(C)C)C(=O)NC1CCCCC1C. The Hall–Kier alpha value is -0.770. The van der Waals surface area contributed by atoms with E-state index in [2.05, 4.69) is 45.1 Å². The van der Waals surface area contributed by atoms with Crippen LogP contribution in [0.2, 0.25) is 0 Å². The van der Waals surface area contributed by atoms with E-state index in [1.807, 2.05) is 4.90 Å². The maximum Gasteiger partial charge on any atom is 0.317 e. The minimum absolute atomic E-state index is 0.124. The van der Waals surface area contributed by atoms with Crippen molar-refractivity contribution in [2.45, 2.75) is 52.5 Å². The highest BCUT2D eigenvalue weighted by Gasteiger charge is 2.25. The summed E-state index contributed by atoms with van der Waals surface area (Å²) >= 11 is 0. The molecular formula is C16H33N3O. The number of hydrogen-bond acceptors (Lipinski definition) is 2. The topological polar surface area (TPSA) is 35.6 Å². The summed E-state index contributed by atoms with van der Waals surface area (Å²) < 4.78 is 0. The number of likely N-dealkylation sites (N-methyl/N-ethyl adjacent to an activating group) is 1. The molecule has 0 aliphatic heterocycles. The van der Waals surface area contributed by atoms with Crippen molar-refractivity contribution in [3.63, 3.8) is 0 Å². The molecule has 2 unspecified atom stereocenters. The third-order valence-corrected chi connectivity index (χ3v) is 4.11. The molecule has 2 amide bonds. The van der Waals surface area contributed by atoms with Crippen molar-refractivity contribution in [1.29, 1.82) is 0 Å². The fourth-order valence-corrected chi connectivity index (χ4v) is 2.82. The third-order valence-electron chi connectivity index (χ3n) is 4.11. The number of carbonyl (C=O) groups is 1. The lowest BCUT2D eigenvalue weighted by atomic mass is 9.86. The first kappa shape index (κ1) is 17.3. The van der Waals surface area contributed by atoms with Crippen LogP contribution in [0.4, 0.5) is 4.79 Å². The summed E-state index contributed by atoms with van der Waals surface area (Å²) in [5.74, 6) is 1.12. The first-order valence-electron chi connectivity index (χ1n) is 8.10. The molecule has 0 heterocycles. The van der Waals surface area contributed by atoms with Crippen molar-refractivity contribution in [3.05, 3.63) is 0 Å². The molecule has 0 radical (unpaired) electrons. The molecule has 1 aliphatic rings. The van der Waals surface area contributed by atoms with E-state index >= 15 is 0 Å². The van der Waals surface area contributed by atoms with Crippen LogP contribution in [0.1, 0.15) is 46.5 Å². The molecule has 1 rings (SSSR count). The maximum absolute atomic E-state index is 12.5. The van der Waals surface area contributed by atoms with Crippen molar-refractivity contribution >= 4 is 6.03 Å². The van der Waals surface area contributed by atoms with Crippen LogP contribution < -0.4 is 5.32 Å². The standard InChI is InChI=1S/C16H33N3O/c1-13(2)12-19(11-10-18(4)5)16(20)17-15-9-7-6-8-14(15)3/h13-15H,6-12H2,1-5H3,(H,17,20). The van der Waals surface area contributed by atoms with Crippen molar-refractivity contribution < 1.29 is 4.79 Å². The van der Waals surface area contributed by atoms with Crippen molar-refractivity contribution in [2.24, 2.45) is 11.8 Å². The van der Waals surface area contributed by atoms with Gasteiger partial charge in [0.2, 0.25) is 0 Å². The van der Waals surface area contributed by atoms with Crippen LogP contribution in [-0.4, -0.2) is 55.6 Å². The van der Waals surface area contributed by atoms with Crippen molar-refractivity contribution in [1.82, 2.24) is 15.1 Å². The minimum Gasteiger partial charge on any atom is -0.335 e. The summed E-state index contributed by atoms with van der Waals surface area (Å²) in [6.45, 7) is 9.15. The van der Waals surface area contributed by atoms with Gasteiger partial charge in [0, 0.05) is 25.7 Å². The van der Waals surface area contributed by atoms with Gasteiger partial charge in [-0.2, -0.15) is 0 Å². The molecule has 1 aliphatic carbocycles. The highest BCUT2D eigenvalue weighted by Crippen LogP contribution is 2.23. The lowest BCUT2D eigenvalue weighted by Crippen LogP contribution is -2.50. The Labute approximate surface area is 124 Å². The number of rotatable bonds is 6. The molecule has 20 heavy (non-hydrogen) atoms. The van der Waals surface area contributed by atoms with E-state index in [0.29, 0.717) is 17.9 Å². The quantitative estimate of drug-likeness (QED) is 0.813. The van der Waals surface area contributed by atoms with Crippen LogP contribution in [0.15, 0.2) is 0 Å². The van der Waals surface area contributed by atoms with Crippen LogP contribution in [0.25, 0.3) is 0 Å². The molecule has 0 aromatic carbocycles. The Morgan fingerprint density at radius 1 is 1.20 bits per heavy atom. The van der Waals surface area contributed by atoms with E-state index < -0.39 is 0 Å². The van der Waals surface area contributed by atoms with Crippen LogP contribution in [0, 0.1) is 11.8 Å². The summed E-state index contributed by atoms with van der Waals surface area (Å²) in [6, 6.07) is 0.490. The second-order valence-electron chi connectivity index (χ2n) is 6.96. The second kappa shape index (κ2) is 8.50. The van der Waals surface area contributed by atoms with Gasteiger partial charge in [0.1, 0.15) is 0 Å². The average molecular weight is 283 g/mol. The van der Waals surface area contributed by atoms with Gasteiger partial charge >= 0.3 is 6.03 Å². The number of carbonyl (C=O) groups excluding carboxylic acids is 1. The van der Waals surface area contributed by atoms with E-state index in [-0.39, 0.29) is 6.03 Å². The largest absolute Gasteiger partial charge is 0.335 e. The lowest BCUT2D eigenvalue weighted by molar-refractivity contribution is 0.171. The van der Waals surface area contributed by atoms with Gasteiger partial charge in [-0.15, -0.1) is 0 Å². The average Bonchev–Trinajstić information content (AvgIpc) is 2.36. The highest BCUT2D eigenvalue weighted by molar-refractivity contribution is 5.74. The summed E-state index contributed by atoms with van der Waals surface area (Å²) in [5.41, 5.74) is 0. The lowest BCUT2D eigenvalue weighted by Gasteiger charge is -2.33. The Bertz CT molecular complexity index is 291. The van der Waals surface area contributed by atoms with E-state index in [1.54, 1.807) is 0 Å². The second-order valence-corrected chi connectivity index (χ2v) is 6.96. The first-order chi connectivity index (χ1) is 9.40. The normalized spacial score (nSPS) is 23.1. The number of nitrogens with one attached hydrogen (secondary N) is 1. The van der Waals surface area contributed by atoms with Gasteiger partial charge < -0.3 is 15.1 Å². The maximum atomic E-state index is 12.5. The van der Waals surface area contributed by atoms with Crippen LogP contribution in [0.3, 0.4) is 0 Å². The molecule has 0 spiro atoms. The summed E-state index contributed by atoms with van der Waals surface area (Å²) in [4.78, 5) is 16.6. The van der Waals surface area contributed by atoms with Gasteiger partial charge in [-0.3, -0.25) is 0 Å². The fraction of sp³-hybridized carbons (Fsp3) is 0.938. The third kappa shape index (κ3) is 6.12. The van der Waals surface area contributed by atoms with Gasteiger partial charge in [0.25, 0.3) is 0 Å². The molecule has 4 heteroatoms. The number of urea groups is 1. The molecule has 1 saturated carbocycles. The summed E-state index contributed by atoms with van der Waals surface area (Å²) in [7, 11) is 4.10. The smallest absolute Gasteiger partial charge is 0.317 e. The molecule has 1 fully saturated rings. The van der Waals surface area contributed by atoms with E-state index in [4.69, 9.17) is 0 Å². The van der Waals surface area contributed by atoms with Crippen LogP contribution in [-0.2, 0) is 0 Å². The Morgan fingerprint density at radius 2 is 1.85 bits per heavy atom. The fourth-order valence-electron chi connectivity index (χ4n) is 2.82. The zero-order valence-electron chi connectivity index (χ0n) is 14.0. The molecule has 0 bridgehead atoms. The van der Waals surface area contributed by atoms with Crippen LogP contribution >= 0.6 is 0 Å². The molecule has 1 N–H and O–H groups in total. The predicted octanol–water partition coefficient (Wildman–Crippen LogP) is 2.79. The van der Waals surface area contributed by atoms with Gasteiger partial charge in [0.05, 0.1) is 0 Å². The predicted molar refractivity (Wildman–Crippen MR) is 84.9 cm³/mol. The Balaban J connectivity index is 2.52. The number of nitrogens with zero attached hydrogens (tertiary/aromatic N) is 2. The zero-order chi connectivity index (χ0) is 15.1. The van der Waals surface area contributed by atoms with Crippen molar-refractivity contribution in [2.75, 3.05) is 33.7 Å². The Morgan fingerprint density at radius 3 is 2.40 bits per heavy atom. The molecule has 0 aromatic heterocycles. The molecule has 118 valence electrons. The van der Waals surface area contributed by atoms with E-state index in [9.17, 15) is 4.79 Å². The molecule has 2 atom stereocenters. The minimum atomic E-state index is 0.124. The van der Waals surface area contributed by atoms with Crippen molar-refractivity contribution in [3.8, 4) is 0 Å². The van der Waals surface area contributed by atoms with E-state index in [1.165, 1.54) is 19.3 Å². The summed E-state index contributed by atoms with van der Waals surface area (Å²) in [6.07, 6.45) is 4.93.